The smallest absolute Gasteiger partial charge is 0.306 e. The Morgan fingerprint density at radius 3 is 2.67 bits per heavy atom. The molecule has 126 valence electrons. The summed E-state index contributed by atoms with van der Waals surface area (Å²) in [5.41, 5.74) is 1.01. The summed E-state index contributed by atoms with van der Waals surface area (Å²) in [7, 11) is 1.32. The van der Waals surface area contributed by atoms with Gasteiger partial charge in [0.1, 0.15) is 0 Å². The second-order valence-corrected chi connectivity index (χ2v) is 5.88. The fraction of sp³-hybridized carbons (Fsp3) is 0.412. The minimum absolute atomic E-state index is 0.0669. The molecule has 0 N–H and O–H groups in total. The highest BCUT2D eigenvalue weighted by molar-refractivity contribution is 5.81. The van der Waals surface area contributed by atoms with Gasteiger partial charge < -0.3 is 14.2 Å². The molecule has 1 aliphatic rings. The maximum absolute atomic E-state index is 12.3. The van der Waals surface area contributed by atoms with Crippen molar-refractivity contribution in [2.75, 3.05) is 13.7 Å². The molecular weight excluding hydrogens is 308 g/mol. The van der Waals surface area contributed by atoms with Crippen molar-refractivity contribution < 1.29 is 14.3 Å². The first kappa shape index (κ1) is 16.2. The third-order valence-corrected chi connectivity index (χ3v) is 4.18. The van der Waals surface area contributed by atoms with Gasteiger partial charge in [0.05, 0.1) is 26.1 Å². The monoisotopic (exact) mass is 328 g/mol. The number of benzene rings is 1. The Kier molecular flexibility index (Phi) is 4.59. The molecule has 7 heteroatoms. The van der Waals surface area contributed by atoms with Crippen molar-refractivity contribution in [1.82, 2.24) is 19.7 Å². The summed E-state index contributed by atoms with van der Waals surface area (Å²) < 4.78 is 6.66. The molecule has 1 amide bonds. The van der Waals surface area contributed by atoms with Gasteiger partial charge in [-0.3, -0.25) is 9.59 Å². The molecule has 0 spiro atoms. The van der Waals surface area contributed by atoms with E-state index in [1.807, 2.05) is 37.3 Å². The van der Waals surface area contributed by atoms with E-state index in [1.165, 1.54) is 7.11 Å². The van der Waals surface area contributed by atoms with Crippen LogP contribution in [0.4, 0.5) is 0 Å². The van der Waals surface area contributed by atoms with Crippen molar-refractivity contribution in [3.8, 4) is 11.4 Å². The van der Waals surface area contributed by atoms with E-state index in [0.29, 0.717) is 13.1 Å². The minimum atomic E-state index is -0.372. The standard InChI is InChI=1S/C17H20N4O3/c1-12-10-20(15(22)8-9-16(23)24-2)11-14-18-19-17(21(12)14)13-6-4-3-5-7-13/h3-7,12H,8-11H2,1-2H3/t12-/m0/s1. The summed E-state index contributed by atoms with van der Waals surface area (Å²) in [6, 6.07) is 9.96. The number of amides is 1. The van der Waals surface area contributed by atoms with Crippen LogP contribution < -0.4 is 0 Å². The van der Waals surface area contributed by atoms with Crippen LogP contribution in [0.15, 0.2) is 30.3 Å². The minimum Gasteiger partial charge on any atom is -0.469 e. The summed E-state index contributed by atoms with van der Waals surface area (Å²) in [6.07, 6.45) is 0.251. The topological polar surface area (TPSA) is 77.3 Å². The Morgan fingerprint density at radius 1 is 1.21 bits per heavy atom. The Morgan fingerprint density at radius 2 is 1.96 bits per heavy atom. The number of fused-ring (bicyclic) bond motifs is 1. The molecule has 1 aromatic heterocycles. The average Bonchev–Trinajstić information content (AvgIpc) is 3.04. The van der Waals surface area contributed by atoms with Crippen LogP contribution in [0.25, 0.3) is 11.4 Å². The lowest BCUT2D eigenvalue weighted by atomic mass is 10.1. The predicted octanol–water partition coefficient (Wildman–Crippen LogP) is 1.80. The Bertz CT molecular complexity index is 742. The summed E-state index contributed by atoms with van der Waals surface area (Å²) in [5.74, 6) is 1.14. The summed E-state index contributed by atoms with van der Waals surface area (Å²) >= 11 is 0. The lowest BCUT2D eigenvalue weighted by Gasteiger charge is -2.32. The van der Waals surface area contributed by atoms with Gasteiger partial charge in [0.2, 0.25) is 5.91 Å². The van der Waals surface area contributed by atoms with Crippen LogP contribution in [-0.4, -0.2) is 45.2 Å². The van der Waals surface area contributed by atoms with Crippen LogP contribution in [0.2, 0.25) is 0 Å². The number of ether oxygens (including phenoxy) is 1. The maximum atomic E-state index is 12.3. The molecule has 24 heavy (non-hydrogen) atoms. The molecule has 0 radical (unpaired) electrons. The molecule has 0 fully saturated rings. The second kappa shape index (κ2) is 6.82. The van der Waals surface area contributed by atoms with Crippen LogP contribution in [-0.2, 0) is 20.9 Å². The Labute approximate surface area is 140 Å². The molecule has 0 bridgehead atoms. The number of aromatic nitrogens is 3. The fourth-order valence-electron chi connectivity index (χ4n) is 2.97. The molecule has 7 nitrogen and oxygen atoms in total. The zero-order valence-corrected chi connectivity index (χ0v) is 13.8. The molecule has 2 aromatic rings. The summed E-state index contributed by atoms with van der Waals surface area (Å²) in [5, 5.41) is 8.56. The van der Waals surface area contributed by atoms with Crippen LogP contribution >= 0.6 is 0 Å². The summed E-state index contributed by atoms with van der Waals surface area (Å²) in [4.78, 5) is 25.2. The highest BCUT2D eigenvalue weighted by Gasteiger charge is 2.29. The number of methoxy groups -OCH3 is 1. The van der Waals surface area contributed by atoms with E-state index in [1.54, 1.807) is 4.90 Å². The van der Waals surface area contributed by atoms with E-state index in [0.717, 1.165) is 17.2 Å². The largest absolute Gasteiger partial charge is 0.469 e. The quantitative estimate of drug-likeness (QED) is 0.800. The molecule has 0 aliphatic carbocycles. The summed E-state index contributed by atoms with van der Waals surface area (Å²) in [6.45, 7) is 3.02. The number of esters is 1. The first-order valence-electron chi connectivity index (χ1n) is 7.94. The third kappa shape index (κ3) is 3.15. The van der Waals surface area contributed by atoms with Gasteiger partial charge in [-0.05, 0) is 6.92 Å². The molecular formula is C17H20N4O3. The third-order valence-electron chi connectivity index (χ3n) is 4.18. The van der Waals surface area contributed by atoms with Gasteiger partial charge in [-0.25, -0.2) is 0 Å². The van der Waals surface area contributed by atoms with Gasteiger partial charge in [0.15, 0.2) is 11.6 Å². The number of nitrogens with zero attached hydrogens (tertiary/aromatic N) is 4. The van der Waals surface area contributed by atoms with Crippen molar-refractivity contribution in [3.05, 3.63) is 36.2 Å². The van der Waals surface area contributed by atoms with Crippen molar-refractivity contribution in [1.29, 1.82) is 0 Å². The molecule has 3 rings (SSSR count). The highest BCUT2D eigenvalue weighted by Crippen LogP contribution is 2.27. The van der Waals surface area contributed by atoms with Crippen molar-refractivity contribution in [3.63, 3.8) is 0 Å². The number of hydrogen-bond donors (Lipinski definition) is 0. The van der Waals surface area contributed by atoms with Crippen LogP contribution in [0.1, 0.15) is 31.6 Å². The molecule has 1 aliphatic heterocycles. The number of rotatable bonds is 4. The van der Waals surface area contributed by atoms with E-state index < -0.39 is 0 Å². The first-order chi connectivity index (χ1) is 11.6. The molecule has 0 saturated heterocycles. The molecule has 1 aromatic carbocycles. The van der Waals surface area contributed by atoms with Gasteiger partial charge in [0.25, 0.3) is 0 Å². The molecule has 1 atom stereocenters. The highest BCUT2D eigenvalue weighted by atomic mass is 16.5. The number of carbonyl (C=O) groups excluding carboxylic acids is 2. The molecule has 0 unspecified atom stereocenters. The first-order valence-corrected chi connectivity index (χ1v) is 7.94. The van der Waals surface area contributed by atoms with Gasteiger partial charge in [-0.1, -0.05) is 30.3 Å². The Hall–Kier alpha value is -2.70. The lowest BCUT2D eigenvalue weighted by Crippen LogP contribution is -2.40. The molecule has 0 saturated carbocycles. The van der Waals surface area contributed by atoms with Crippen LogP contribution in [0.3, 0.4) is 0 Å². The van der Waals surface area contributed by atoms with Gasteiger partial charge in [-0.2, -0.15) is 0 Å². The predicted molar refractivity (Wildman–Crippen MR) is 86.8 cm³/mol. The average molecular weight is 328 g/mol. The van der Waals surface area contributed by atoms with Gasteiger partial charge >= 0.3 is 5.97 Å². The van der Waals surface area contributed by atoms with Crippen molar-refractivity contribution in [2.45, 2.75) is 32.4 Å². The number of carbonyl (C=O) groups is 2. The second-order valence-electron chi connectivity index (χ2n) is 5.88. The normalized spacial score (nSPS) is 16.6. The number of hydrogen-bond acceptors (Lipinski definition) is 5. The maximum Gasteiger partial charge on any atom is 0.306 e. The zero-order chi connectivity index (χ0) is 17.1. The van der Waals surface area contributed by atoms with Gasteiger partial charge in [-0.15, -0.1) is 10.2 Å². The Balaban J connectivity index is 1.76. The van der Waals surface area contributed by atoms with E-state index in [9.17, 15) is 9.59 Å². The van der Waals surface area contributed by atoms with Crippen LogP contribution in [0.5, 0.6) is 0 Å². The fourth-order valence-corrected chi connectivity index (χ4v) is 2.97. The van der Waals surface area contributed by atoms with Crippen molar-refractivity contribution in [2.24, 2.45) is 0 Å². The van der Waals surface area contributed by atoms with E-state index in [-0.39, 0.29) is 30.8 Å². The van der Waals surface area contributed by atoms with Gasteiger partial charge in [0, 0.05) is 18.5 Å². The SMILES string of the molecule is COC(=O)CCC(=O)N1Cc2nnc(-c3ccccc3)n2[C@@H](C)C1. The van der Waals surface area contributed by atoms with E-state index in [2.05, 4.69) is 19.5 Å². The lowest BCUT2D eigenvalue weighted by molar-refractivity contribution is -0.144. The van der Waals surface area contributed by atoms with E-state index >= 15 is 0 Å². The van der Waals surface area contributed by atoms with Crippen LogP contribution in [0, 0.1) is 0 Å². The van der Waals surface area contributed by atoms with Crippen molar-refractivity contribution >= 4 is 11.9 Å². The van der Waals surface area contributed by atoms with E-state index in [4.69, 9.17) is 0 Å². The zero-order valence-electron chi connectivity index (χ0n) is 13.8. The molecule has 2 heterocycles.